The first-order valence-electron chi connectivity index (χ1n) is 6.28. The third-order valence-corrected chi connectivity index (χ3v) is 2.94. The number of hydrogen-bond donors (Lipinski definition) is 1. The highest BCUT2D eigenvalue weighted by Gasteiger charge is 2.16. The predicted molar refractivity (Wildman–Crippen MR) is 68.6 cm³/mol. The fourth-order valence-electron chi connectivity index (χ4n) is 1.89. The van der Waals surface area contributed by atoms with Gasteiger partial charge in [-0.3, -0.25) is 4.79 Å². The quantitative estimate of drug-likeness (QED) is 0.884. The van der Waals surface area contributed by atoms with E-state index in [2.05, 4.69) is 5.32 Å². The van der Waals surface area contributed by atoms with Crippen molar-refractivity contribution in [2.24, 2.45) is 0 Å². The molecule has 0 aliphatic carbocycles. The Morgan fingerprint density at radius 1 is 1.37 bits per heavy atom. The molecule has 1 aliphatic heterocycles. The molecule has 1 amide bonds. The standard InChI is InChI=1S/C14H16N2O3/c15-9-11-1-3-13(4-2-11)19-10-14(17)16-12-5-7-18-8-6-12/h1-4,12H,5-8,10H2,(H,16,17). The summed E-state index contributed by atoms with van der Waals surface area (Å²) in [5.74, 6) is 0.456. The van der Waals surface area contributed by atoms with Crippen LogP contribution >= 0.6 is 0 Å². The van der Waals surface area contributed by atoms with Crippen LogP contribution in [0.4, 0.5) is 0 Å². The van der Waals surface area contributed by atoms with E-state index in [1.54, 1.807) is 24.3 Å². The Morgan fingerprint density at radius 2 is 2.05 bits per heavy atom. The number of amides is 1. The Hall–Kier alpha value is -2.06. The van der Waals surface area contributed by atoms with Crippen LogP contribution in [0.2, 0.25) is 0 Å². The molecule has 1 aromatic carbocycles. The third-order valence-electron chi connectivity index (χ3n) is 2.94. The molecule has 0 spiro atoms. The van der Waals surface area contributed by atoms with E-state index in [0.717, 1.165) is 12.8 Å². The number of rotatable bonds is 4. The lowest BCUT2D eigenvalue weighted by atomic mass is 10.1. The average molecular weight is 260 g/mol. The van der Waals surface area contributed by atoms with Crippen LogP contribution in [0, 0.1) is 11.3 Å². The third kappa shape index (κ3) is 4.27. The highest BCUT2D eigenvalue weighted by atomic mass is 16.5. The molecule has 0 atom stereocenters. The molecule has 1 aromatic rings. The summed E-state index contributed by atoms with van der Waals surface area (Å²) < 4.78 is 10.6. The molecule has 19 heavy (non-hydrogen) atoms. The molecule has 0 radical (unpaired) electrons. The van der Waals surface area contributed by atoms with Gasteiger partial charge in [-0.05, 0) is 37.1 Å². The molecule has 0 saturated carbocycles. The molecule has 1 aliphatic rings. The van der Waals surface area contributed by atoms with Crippen molar-refractivity contribution in [3.8, 4) is 11.8 Å². The van der Waals surface area contributed by atoms with Crippen LogP contribution in [-0.4, -0.2) is 31.8 Å². The number of nitriles is 1. The van der Waals surface area contributed by atoms with E-state index in [1.807, 2.05) is 6.07 Å². The largest absolute Gasteiger partial charge is 0.484 e. The van der Waals surface area contributed by atoms with Crippen molar-refractivity contribution in [2.45, 2.75) is 18.9 Å². The molecule has 1 saturated heterocycles. The molecule has 1 fully saturated rings. The Balaban J connectivity index is 1.74. The Labute approximate surface area is 112 Å². The maximum absolute atomic E-state index is 11.7. The summed E-state index contributed by atoms with van der Waals surface area (Å²) in [4.78, 5) is 11.7. The zero-order valence-electron chi connectivity index (χ0n) is 10.6. The van der Waals surface area contributed by atoms with Crippen LogP contribution < -0.4 is 10.1 Å². The van der Waals surface area contributed by atoms with Gasteiger partial charge in [-0.1, -0.05) is 0 Å². The first kappa shape index (κ1) is 13.4. The van der Waals surface area contributed by atoms with Crippen LogP contribution in [0.25, 0.3) is 0 Å². The van der Waals surface area contributed by atoms with Crippen molar-refractivity contribution >= 4 is 5.91 Å². The summed E-state index contributed by atoms with van der Waals surface area (Å²) in [6.45, 7) is 1.38. The van der Waals surface area contributed by atoms with E-state index < -0.39 is 0 Å². The van der Waals surface area contributed by atoms with Gasteiger partial charge in [-0.15, -0.1) is 0 Å². The fourth-order valence-corrected chi connectivity index (χ4v) is 1.89. The van der Waals surface area contributed by atoms with Crippen molar-refractivity contribution in [1.82, 2.24) is 5.32 Å². The zero-order valence-corrected chi connectivity index (χ0v) is 10.6. The molecular formula is C14H16N2O3. The lowest BCUT2D eigenvalue weighted by molar-refractivity contribution is -0.124. The molecular weight excluding hydrogens is 244 g/mol. The Bertz CT molecular complexity index is 459. The van der Waals surface area contributed by atoms with Crippen molar-refractivity contribution < 1.29 is 14.3 Å². The smallest absolute Gasteiger partial charge is 0.258 e. The lowest BCUT2D eigenvalue weighted by Gasteiger charge is -2.23. The monoisotopic (exact) mass is 260 g/mol. The van der Waals surface area contributed by atoms with E-state index in [4.69, 9.17) is 14.7 Å². The van der Waals surface area contributed by atoms with Crippen LogP contribution in [0.3, 0.4) is 0 Å². The second-order valence-electron chi connectivity index (χ2n) is 4.38. The molecule has 100 valence electrons. The van der Waals surface area contributed by atoms with Gasteiger partial charge in [-0.2, -0.15) is 5.26 Å². The van der Waals surface area contributed by atoms with Gasteiger partial charge < -0.3 is 14.8 Å². The minimum Gasteiger partial charge on any atom is -0.484 e. The lowest BCUT2D eigenvalue weighted by Crippen LogP contribution is -2.41. The highest BCUT2D eigenvalue weighted by Crippen LogP contribution is 2.11. The van der Waals surface area contributed by atoms with E-state index in [-0.39, 0.29) is 18.6 Å². The molecule has 0 unspecified atom stereocenters. The zero-order chi connectivity index (χ0) is 13.5. The van der Waals surface area contributed by atoms with Gasteiger partial charge >= 0.3 is 0 Å². The van der Waals surface area contributed by atoms with Crippen molar-refractivity contribution in [2.75, 3.05) is 19.8 Å². The fraction of sp³-hybridized carbons (Fsp3) is 0.429. The molecule has 5 heteroatoms. The van der Waals surface area contributed by atoms with Gasteiger partial charge in [0, 0.05) is 19.3 Å². The number of nitrogens with one attached hydrogen (secondary N) is 1. The number of nitrogens with zero attached hydrogens (tertiary/aromatic N) is 1. The van der Waals surface area contributed by atoms with Gasteiger partial charge in [0.25, 0.3) is 5.91 Å². The number of ether oxygens (including phenoxy) is 2. The SMILES string of the molecule is N#Cc1ccc(OCC(=O)NC2CCOCC2)cc1. The van der Waals surface area contributed by atoms with Crippen LogP contribution in [0.5, 0.6) is 5.75 Å². The van der Waals surface area contributed by atoms with Gasteiger partial charge in [0.1, 0.15) is 5.75 Å². The predicted octanol–water partition coefficient (Wildman–Crippen LogP) is 1.23. The molecule has 1 heterocycles. The topological polar surface area (TPSA) is 71.3 Å². The summed E-state index contributed by atoms with van der Waals surface area (Å²) in [6, 6.07) is 8.89. The normalized spacial score (nSPS) is 15.5. The number of benzene rings is 1. The maximum atomic E-state index is 11.7. The molecule has 0 aromatic heterocycles. The van der Waals surface area contributed by atoms with Gasteiger partial charge in [-0.25, -0.2) is 0 Å². The molecule has 5 nitrogen and oxygen atoms in total. The summed E-state index contributed by atoms with van der Waals surface area (Å²) in [5, 5.41) is 11.6. The van der Waals surface area contributed by atoms with Crippen molar-refractivity contribution in [3.63, 3.8) is 0 Å². The second-order valence-corrected chi connectivity index (χ2v) is 4.38. The number of hydrogen-bond acceptors (Lipinski definition) is 4. The minimum atomic E-state index is -0.128. The minimum absolute atomic E-state index is 0.0107. The highest BCUT2D eigenvalue weighted by molar-refractivity contribution is 5.77. The van der Waals surface area contributed by atoms with Crippen LogP contribution in [0.1, 0.15) is 18.4 Å². The molecule has 0 bridgehead atoms. The van der Waals surface area contributed by atoms with E-state index in [1.165, 1.54) is 0 Å². The summed E-state index contributed by atoms with van der Waals surface area (Å²) in [7, 11) is 0. The van der Waals surface area contributed by atoms with Crippen molar-refractivity contribution in [3.05, 3.63) is 29.8 Å². The van der Waals surface area contributed by atoms with E-state index in [0.29, 0.717) is 24.5 Å². The van der Waals surface area contributed by atoms with Crippen LogP contribution in [0.15, 0.2) is 24.3 Å². The second kappa shape index (κ2) is 6.76. The van der Waals surface area contributed by atoms with Crippen molar-refractivity contribution in [1.29, 1.82) is 5.26 Å². The number of carbonyl (C=O) groups excluding carboxylic acids is 1. The van der Waals surface area contributed by atoms with E-state index >= 15 is 0 Å². The first-order chi connectivity index (χ1) is 9.28. The summed E-state index contributed by atoms with van der Waals surface area (Å²) in [6.07, 6.45) is 1.70. The van der Waals surface area contributed by atoms with Gasteiger partial charge in [0.05, 0.1) is 11.6 Å². The Morgan fingerprint density at radius 3 is 2.68 bits per heavy atom. The molecule has 1 N–H and O–H groups in total. The average Bonchev–Trinajstić information content (AvgIpc) is 2.47. The van der Waals surface area contributed by atoms with Gasteiger partial charge in [0.15, 0.2) is 6.61 Å². The number of carbonyl (C=O) groups is 1. The van der Waals surface area contributed by atoms with Crippen LogP contribution in [-0.2, 0) is 9.53 Å². The first-order valence-corrected chi connectivity index (χ1v) is 6.28. The molecule has 2 rings (SSSR count). The van der Waals surface area contributed by atoms with Gasteiger partial charge in [0.2, 0.25) is 0 Å². The van der Waals surface area contributed by atoms with E-state index in [9.17, 15) is 4.79 Å². The maximum Gasteiger partial charge on any atom is 0.258 e. The summed E-state index contributed by atoms with van der Waals surface area (Å²) >= 11 is 0. The Kier molecular flexibility index (Phi) is 4.76. The summed E-state index contributed by atoms with van der Waals surface area (Å²) in [5.41, 5.74) is 0.569.